The molecule has 110 valence electrons. The Bertz CT molecular complexity index is 292. The van der Waals surface area contributed by atoms with E-state index in [0.717, 1.165) is 18.5 Å². The van der Waals surface area contributed by atoms with Gasteiger partial charge in [0, 0.05) is 24.7 Å². The van der Waals surface area contributed by atoms with Crippen LogP contribution in [0.25, 0.3) is 0 Å². The highest BCUT2D eigenvalue weighted by Gasteiger charge is 2.50. The molecule has 4 aliphatic rings. The molecule has 3 heteroatoms. The van der Waals surface area contributed by atoms with Crippen molar-refractivity contribution in [2.45, 2.75) is 63.5 Å². The zero-order chi connectivity index (χ0) is 13.3. The smallest absolute Gasteiger partial charge is 0.0490 e. The van der Waals surface area contributed by atoms with E-state index in [0.29, 0.717) is 5.54 Å². The molecule has 0 spiro atoms. The van der Waals surface area contributed by atoms with Crippen molar-refractivity contribution in [1.82, 2.24) is 9.80 Å². The van der Waals surface area contributed by atoms with Crippen LogP contribution < -0.4 is 5.73 Å². The third-order valence-corrected chi connectivity index (χ3v) is 6.13. The summed E-state index contributed by atoms with van der Waals surface area (Å²) in [5.74, 6) is 0.851. The van der Waals surface area contributed by atoms with Crippen molar-refractivity contribution < 1.29 is 0 Å². The normalized spacial score (nSPS) is 39.9. The molecular weight excluding hydrogens is 234 g/mol. The average Bonchev–Trinajstić information content (AvgIpc) is 2.50. The van der Waals surface area contributed by atoms with Gasteiger partial charge in [-0.2, -0.15) is 0 Å². The van der Waals surface area contributed by atoms with Gasteiger partial charge in [0.2, 0.25) is 0 Å². The molecule has 0 radical (unpaired) electrons. The lowest BCUT2D eigenvalue weighted by Gasteiger charge is -2.59. The van der Waals surface area contributed by atoms with E-state index in [1.165, 1.54) is 71.1 Å². The first-order chi connectivity index (χ1) is 9.30. The van der Waals surface area contributed by atoms with Crippen LogP contribution in [-0.2, 0) is 0 Å². The summed E-state index contributed by atoms with van der Waals surface area (Å²) < 4.78 is 0. The predicted molar refractivity (Wildman–Crippen MR) is 80.2 cm³/mol. The van der Waals surface area contributed by atoms with Crippen LogP contribution in [0.1, 0.15) is 51.9 Å². The quantitative estimate of drug-likeness (QED) is 0.844. The molecule has 4 rings (SSSR count). The minimum Gasteiger partial charge on any atom is -0.329 e. The Morgan fingerprint density at radius 3 is 2.26 bits per heavy atom. The summed E-state index contributed by atoms with van der Waals surface area (Å²) in [7, 11) is 0. The van der Waals surface area contributed by atoms with Crippen molar-refractivity contribution >= 4 is 0 Å². The second-order valence-electron chi connectivity index (χ2n) is 6.94. The molecule has 1 atom stereocenters. The van der Waals surface area contributed by atoms with Crippen LogP contribution in [0.4, 0.5) is 0 Å². The highest BCUT2D eigenvalue weighted by atomic mass is 15.3. The first-order valence-corrected chi connectivity index (χ1v) is 8.49. The number of piperidine rings is 3. The Balaban J connectivity index is 1.82. The van der Waals surface area contributed by atoms with Gasteiger partial charge in [0.25, 0.3) is 0 Å². The number of likely N-dealkylation sites (N-methyl/N-ethyl adjacent to an activating group) is 1. The van der Waals surface area contributed by atoms with E-state index in [4.69, 9.17) is 5.73 Å². The van der Waals surface area contributed by atoms with E-state index in [2.05, 4.69) is 16.7 Å². The van der Waals surface area contributed by atoms with Crippen LogP contribution in [0, 0.1) is 5.92 Å². The third kappa shape index (κ3) is 2.34. The first kappa shape index (κ1) is 13.8. The maximum atomic E-state index is 6.34. The Morgan fingerprint density at radius 2 is 1.79 bits per heavy atom. The summed E-state index contributed by atoms with van der Waals surface area (Å²) >= 11 is 0. The largest absolute Gasteiger partial charge is 0.329 e. The first-order valence-electron chi connectivity index (χ1n) is 8.49. The van der Waals surface area contributed by atoms with Gasteiger partial charge in [0.15, 0.2) is 0 Å². The van der Waals surface area contributed by atoms with E-state index >= 15 is 0 Å². The van der Waals surface area contributed by atoms with E-state index in [1.807, 2.05) is 0 Å². The SMILES string of the molecule is CCN(C1CCCCC1)C1(CN)CN2CCC1CC2. The standard InChI is InChI=1S/C16H31N3/c1-2-19(15-6-4-3-5-7-15)16(12-17)13-18-10-8-14(16)9-11-18/h14-15H,2-13,17H2,1H3. The lowest BCUT2D eigenvalue weighted by Crippen LogP contribution is -2.71. The number of fused-ring (bicyclic) bond motifs is 3. The number of nitrogens with two attached hydrogens (primary N) is 1. The molecule has 3 saturated heterocycles. The predicted octanol–water partition coefficient (Wildman–Crippen LogP) is 2.06. The molecule has 4 fully saturated rings. The maximum absolute atomic E-state index is 6.34. The van der Waals surface area contributed by atoms with Crippen molar-refractivity contribution in [2.75, 3.05) is 32.7 Å². The summed E-state index contributed by atoms with van der Waals surface area (Å²) in [6.45, 7) is 8.26. The summed E-state index contributed by atoms with van der Waals surface area (Å²) in [4.78, 5) is 5.50. The molecule has 3 nitrogen and oxygen atoms in total. The Labute approximate surface area is 118 Å². The molecule has 0 aromatic carbocycles. The summed E-state index contributed by atoms with van der Waals surface area (Å²) in [6, 6.07) is 0.808. The maximum Gasteiger partial charge on any atom is 0.0490 e. The average molecular weight is 265 g/mol. The Kier molecular flexibility index (Phi) is 4.16. The van der Waals surface area contributed by atoms with Gasteiger partial charge in [0.05, 0.1) is 0 Å². The summed E-state index contributed by atoms with van der Waals surface area (Å²) in [5, 5.41) is 0. The molecule has 0 aromatic rings. The molecule has 1 saturated carbocycles. The molecule has 0 aromatic heterocycles. The van der Waals surface area contributed by atoms with Gasteiger partial charge >= 0.3 is 0 Å². The van der Waals surface area contributed by atoms with Gasteiger partial charge in [0.1, 0.15) is 0 Å². The molecule has 19 heavy (non-hydrogen) atoms. The van der Waals surface area contributed by atoms with Gasteiger partial charge < -0.3 is 10.6 Å². The van der Waals surface area contributed by atoms with Crippen molar-refractivity contribution in [3.05, 3.63) is 0 Å². The fourth-order valence-electron chi connectivity index (χ4n) is 5.15. The number of hydrogen-bond acceptors (Lipinski definition) is 3. The minimum absolute atomic E-state index is 0.299. The topological polar surface area (TPSA) is 32.5 Å². The lowest BCUT2D eigenvalue weighted by atomic mass is 9.70. The highest BCUT2D eigenvalue weighted by Crippen LogP contribution is 2.41. The highest BCUT2D eigenvalue weighted by molar-refractivity contribution is 5.07. The van der Waals surface area contributed by atoms with Crippen LogP contribution in [0.2, 0.25) is 0 Å². The molecule has 3 heterocycles. The minimum atomic E-state index is 0.299. The van der Waals surface area contributed by atoms with Gasteiger partial charge in [-0.15, -0.1) is 0 Å². The monoisotopic (exact) mass is 265 g/mol. The van der Waals surface area contributed by atoms with E-state index < -0.39 is 0 Å². The van der Waals surface area contributed by atoms with Gasteiger partial charge in [-0.05, 0) is 51.2 Å². The molecule has 3 aliphatic heterocycles. The second-order valence-corrected chi connectivity index (χ2v) is 6.94. The van der Waals surface area contributed by atoms with E-state index in [9.17, 15) is 0 Å². The summed E-state index contributed by atoms with van der Waals surface area (Å²) in [5.41, 5.74) is 6.64. The molecule has 1 aliphatic carbocycles. The van der Waals surface area contributed by atoms with Gasteiger partial charge in [-0.1, -0.05) is 26.2 Å². The second kappa shape index (κ2) is 5.71. The number of hydrogen-bond donors (Lipinski definition) is 1. The van der Waals surface area contributed by atoms with Crippen LogP contribution in [0.3, 0.4) is 0 Å². The van der Waals surface area contributed by atoms with Crippen molar-refractivity contribution in [1.29, 1.82) is 0 Å². The van der Waals surface area contributed by atoms with Crippen molar-refractivity contribution in [2.24, 2.45) is 11.7 Å². The zero-order valence-electron chi connectivity index (χ0n) is 12.6. The van der Waals surface area contributed by atoms with Gasteiger partial charge in [-0.3, -0.25) is 4.90 Å². The van der Waals surface area contributed by atoms with Crippen LogP contribution in [0.15, 0.2) is 0 Å². The van der Waals surface area contributed by atoms with Crippen LogP contribution >= 0.6 is 0 Å². The van der Waals surface area contributed by atoms with Crippen molar-refractivity contribution in [3.63, 3.8) is 0 Å². The Morgan fingerprint density at radius 1 is 1.11 bits per heavy atom. The fraction of sp³-hybridized carbons (Fsp3) is 1.00. The number of nitrogens with zero attached hydrogens (tertiary/aromatic N) is 2. The summed E-state index contributed by atoms with van der Waals surface area (Å²) in [6.07, 6.45) is 9.86. The van der Waals surface area contributed by atoms with E-state index in [-0.39, 0.29) is 0 Å². The zero-order valence-corrected chi connectivity index (χ0v) is 12.6. The van der Waals surface area contributed by atoms with Crippen LogP contribution in [0.5, 0.6) is 0 Å². The van der Waals surface area contributed by atoms with Gasteiger partial charge in [-0.25, -0.2) is 0 Å². The Hall–Kier alpha value is -0.120. The number of rotatable bonds is 4. The molecular formula is C16H31N3. The fourth-order valence-corrected chi connectivity index (χ4v) is 5.15. The van der Waals surface area contributed by atoms with Crippen LogP contribution in [-0.4, -0.2) is 54.1 Å². The van der Waals surface area contributed by atoms with E-state index in [1.54, 1.807) is 0 Å². The molecule has 2 bridgehead atoms. The lowest BCUT2D eigenvalue weighted by molar-refractivity contribution is -0.0885. The third-order valence-electron chi connectivity index (χ3n) is 6.13. The molecule has 0 amide bonds. The van der Waals surface area contributed by atoms with Crippen molar-refractivity contribution in [3.8, 4) is 0 Å². The molecule has 1 unspecified atom stereocenters. The molecule has 2 N–H and O–H groups in total.